The highest BCUT2D eigenvalue weighted by Crippen LogP contribution is 2.10. The fourth-order valence-electron chi connectivity index (χ4n) is 0.822. The Morgan fingerprint density at radius 1 is 1.43 bits per heavy atom. The van der Waals surface area contributed by atoms with Gasteiger partial charge in [0.2, 0.25) is 0 Å². The van der Waals surface area contributed by atoms with E-state index in [0.29, 0.717) is 6.61 Å². The van der Waals surface area contributed by atoms with Crippen molar-refractivity contribution in [2.45, 2.75) is 0 Å². The third kappa shape index (κ3) is 9.69. The molecule has 14 heavy (non-hydrogen) atoms. The number of quaternary nitrogens is 1. The summed E-state index contributed by atoms with van der Waals surface area (Å²) in [6.45, 7) is 5.04. The zero-order valence-corrected chi connectivity index (χ0v) is 10.4. The molecule has 0 aromatic heterocycles. The van der Waals surface area contributed by atoms with Crippen molar-refractivity contribution in [3.63, 3.8) is 0 Å². The summed E-state index contributed by atoms with van der Waals surface area (Å²) in [6.07, 6.45) is 3.38. The van der Waals surface area contributed by atoms with E-state index in [1.807, 2.05) is 0 Å². The Labute approximate surface area is 88.5 Å². The number of hydrogen-bond donors (Lipinski definition) is 0. The van der Waals surface area contributed by atoms with E-state index >= 15 is 0 Å². The van der Waals surface area contributed by atoms with Crippen LogP contribution in [0.5, 0.6) is 0 Å². The minimum absolute atomic E-state index is 0.318. The summed E-state index contributed by atoms with van der Waals surface area (Å²) < 4.78 is 5.87. The van der Waals surface area contributed by atoms with Crippen molar-refractivity contribution in [2.75, 3.05) is 46.6 Å². The number of ether oxygens (including phenoxy) is 1. The van der Waals surface area contributed by atoms with Gasteiger partial charge in [0, 0.05) is 12.2 Å². The summed E-state index contributed by atoms with van der Waals surface area (Å²) in [5, 5.41) is 0. The smallest absolute Gasteiger partial charge is 0.330 e. The van der Waals surface area contributed by atoms with E-state index in [1.165, 1.54) is 18.8 Å². The van der Waals surface area contributed by atoms with Crippen molar-refractivity contribution < 1.29 is 14.0 Å². The van der Waals surface area contributed by atoms with Gasteiger partial charge in [-0.2, -0.15) is 0 Å². The first kappa shape index (κ1) is 13.6. The van der Waals surface area contributed by atoms with Crippen LogP contribution in [0.25, 0.3) is 0 Å². The largest absolute Gasteiger partial charge is 0.462 e. The van der Waals surface area contributed by atoms with E-state index in [4.69, 9.17) is 4.74 Å². The summed E-state index contributed by atoms with van der Waals surface area (Å²) in [4.78, 5) is 10.7. The Kier molecular flexibility index (Phi) is 6.77. The predicted octanol–water partition coefficient (Wildman–Crippen LogP) is 1.10. The fraction of sp³-hybridized carbons (Fsp3) is 0.700. The molecule has 0 rings (SSSR count). The molecule has 1 unspecified atom stereocenters. The molecule has 0 N–H and O–H groups in total. The van der Waals surface area contributed by atoms with Crippen LogP contribution in [0.3, 0.4) is 0 Å². The van der Waals surface area contributed by atoms with Gasteiger partial charge in [-0.25, -0.2) is 4.79 Å². The molecule has 0 heterocycles. The first-order valence-electron chi connectivity index (χ1n) is 4.76. The van der Waals surface area contributed by atoms with E-state index in [2.05, 4.69) is 27.7 Å². The molecule has 0 aromatic carbocycles. The quantitative estimate of drug-likeness (QED) is 0.210. The molecule has 0 aliphatic carbocycles. The number of carbonyl (C=O) groups is 1. The molecular weight excluding hydrogens is 197 g/mol. The number of carbonyl (C=O) groups excluding carboxylic acids is 1. The van der Waals surface area contributed by atoms with Crippen LogP contribution in [0.1, 0.15) is 0 Å². The Balaban J connectivity index is 3.22. The Morgan fingerprint density at radius 3 is 2.57 bits per heavy atom. The highest BCUT2D eigenvalue weighted by molar-refractivity contribution is 7.38. The molecule has 0 radical (unpaired) electrons. The van der Waals surface area contributed by atoms with Gasteiger partial charge in [-0.3, -0.25) is 0 Å². The van der Waals surface area contributed by atoms with Crippen molar-refractivity contribution >= 4 is 14.6 Å². The second kappa shape index (κ2) is 6.97. The number of esters is 1. The van der Waals surface area contributed by atoms with Crippen LogP contribution in [0, 0.1) is 0 Å². The van der Waals surface area contributed by atoms with Crippen LogP contribution in [0.2, 0.25) is 0 Å². The molecular formula is C10H21NO2P+. The predicted molar refractivity (Wildman–Crippen MR) is 62.1 cm³/mol. The standard InChI is InChI=1S/C10H21NO2P/c1-5-10(12)13-7-9-14-8-6-11(2,3)4/h5,14H,1,6-9H2,2-4H3/q+1. The van der Waals surface area contributed by atoms with E-state index in [0.717, 1.165) is 19.2 Å². The van der Waals surface area contributed by atoms with Gasteiger partial charge in [-0.15, -0.1) is 8.58 Å². The molecule has 0 saturated heterocycles. The third-order valence-corrected chi connectivity index (χ3v) is 2.78. The van der Waals surface area contributed by atoms with E-state index in [1.54, 1.807) is 0 Å². The number of hydrogen-bond acceptors (Lipinski definition) is 2. The SMILES string of the molecule is C=CC(=O)OCCPCC[N+](C)(C)C. The van der Waals surface area contributed by atoms with Crippen LogP contribution >= 0.6 is 8.58 Å². The average molecular weight is 218 g/mol. The first-order chi connectivity index (χ1) is 6.45. The van der Waals surface area contributed by atoms with Gasteiger partial charge in [0.1, 0.15) is 0 Å². The lowest BCUT2D eigenvalue weighted by Gasteiger charge is -2.23. The second-order valence-corrected chi connectivity index (χ2v) is 5.64. The molecule has 0 amide bonds. The van der Waals surface area contributed by atoms with E-state index in [9.17, 15) is 4.79 Å². The molecule has 1 atom stereocenters. The Morgan fingerprint density at radius 2 is 2.07 bits per heavy atom. The molecule has 0 aromatic rings. The van der Waals surface area contributed by atoms with Crippen LogP contribution in [-0.2, 0) is 9.53 Å². The third-order valence-electron chi connectivity index (χ3n) is 1.65. The second-order valence-electron chi connectivity index (χ2n) is 4.14. The van der Waals surface area contributed by atoms with Crippen LogP contribution in [0.15, 0.2) is 12.7 Å². The van der Waals surface area contributed by atoms with Crippen molar-refractivity contribution in [3.8, 4) is 0 Å². The Hall–Kier alpha value is -0.400. The van der Waals surface area contributed by atoms with Crippen LogP contribution in [0.4, 0.5) is 0 Å². The summed E-state index contributed by atoms with van der Waals surface area (Å²) in [6, 6.07) is 0. The maximum absolute atomic E-state index is 10.7. The van der Waals surface area contributed by atoms with Crippen molar-refractivity contribution in [3.05, 3.63) is 12.7 Å². The molecule has 0 aliphatic heterocycles. The van der Waals surface area contributed by atoms with Crippen molar-refractivity contribution in [2.24, 2.45) is 0 Å². The summed E-state index contributed by atoms with van der Waals surface area (Å²) in [7, 11) is 7.43. The van der Waals surface area contributed by atoms with E-state index in [-0.39, 0.29) is 5.97 Å². The maximum Gasteiger partial charge on any atom is 0.330 e. The highest BCUT2D eigenvalue weighted by Gasteiger charge is 2.05. The van der Waals surface area contributed by atoms with Gasteiger partial charge in [-0.1, -0.05) is 6.58 Å². The van der Waals surface area contributed by atoms with Gasteiger partial charge >= 0.3 is 5.97 Å². The lowest BCUT2D eigenvalue weighted by atomic mass is 10.6. The molecule has 0 fully saturated rings. The van der Waals surface area contributed by atoms with Gasteiger partial charge < -0.3 is 9.22 Å². The zero-order chi connectivity index (χ0) is 11.0. The zero-order valence-electron chi connectivity index (χ0n) is 9.38. The van der Waals surface area contributed by atoms with Gasteiger partial charge in [-0.05, 0) is 6.16 Å². The van der Waals surface area contributed by atoms with Crippen LogP contribution < -0.4 is 0 Å². The minimum Gasteiger partial charge on any atom is -0.462 e. The van der Waals surface area contributed by atoms with Gasteiger partial charge in [0.05, 0.1) is 34.3 Å². The fourth-order valence-corrected chi connectivity index (χ4v) is 2.15. The van der Waals surface area contributed by atoms with Gasteiger partial charge in [0.25, 0.3) is 0 Å². The Bertz CT molecular complexity index is 187. The molecule has 0 saturated carbocycles. The molecule has 4 heteroatoms. The number of nitrogens with zero attached hydrogens (tertiary/aromatic N) is 1. The highest BCUT2D eigenvalue weighted by atomic mass is 31.1. The average Bonchev–Trinajstić information content (AvgIpc) is 2.08. The monoisotopic (exact) mass is 218 g/mol. The van der Waals surface area contributed by atoms with Crippen molar-refractivity contribution in [1.29, 1.82) is 0 Å². The van der Waals surface area contributed by atoms with Crippen LogP contribution in [-0.4, -0.2) is 57.1 Å². The van der Waals surface area contributed by atoms with E-state index < -0.39 is 0 Å². The topological polar surface area (TPSA) is 26.3 Å². The number of rotatable bonds is 7. The molecule has 0 spiro atoms. The molecule has 3 nitrogen and oxygen atoms in total. The normalized spacial score (nSPS) is 11.9. The molecule has 0 aliphatic rings. The lowest BCUT2D eigenvalue weighted by molar-refractivity contribution is -0.867. The lowest BCUT2D eigenvalue weighted by Crippen LogP contribution is -2.36. The summed E-state index contributed by atoms with van der Waals surface area (Å²) in [5.74, 6) is -0.318. The first-order valence-corrected chi connectivity index (χ1v) is 6.17. The van der Waals surface area contributed by atoms with Gasteiger partial charge in [0.15, 0.2) is 0 Å². The maximum atomic E-state index is 10.7. The molecule has 0 bridgehead atoms. The summed E-state index contributed by atoms with van der Waals surface area (Å²) in [5.41, 5.74) is 0. The minimum atomic E-state index is -0.318. The van der Waals surface area contributed by atoms with Crippen molar-refractivity contribution in [1.82, 2.24) is 0 Å². The summed E-state index contributed by atoms with van der Waals surface area (Å²) >= 11 is 0. The molecule has 82 valence electrons.